The van der Waals surface area contributed by atoms with Gasteiger partial charge >= 0.3 is 11.9 Å². The first-order chi connectivity index (χ1) is 9.97. The molecule has 0 amide bonds. The van der Waals surface area contributed by atoms with E-state index in [1.807, 2.05) is 24.3 Å². The third-order valence-corrected chi connectivity index (χ3v) is 3.47. The average molecular weight is 307 g/mol. The van der Waals surface area contributed by atoms with Crippen molar-refractivity contribution in [3.05, 3.63) is 70.8 Å². The Labute approximate surface area is 151 Å². The van der Waals surface area contributed by atoms with Crippen LogP contribution in [0.1, 0.15) is 44.7 Å². The van der Waals surface area contributed by atoms with Crippen LogP contribution >= 0.6 is 0 Å². The van der Waals surface area contributed by atoms with Gasteiger partial charge in [-0.25, -0.2) is 9.59 Å². The minimum atomic E-state index is -0.932. The molecular formula is C17H16NaO4. The third-order valence-electron chi connectivity index (χ3n) is 3.47. The Morgan fingerprint density at radius 1 is 0.864 bits per heavy atom. The van der Waals surface area contributed by atoms with Crippen molar-refractivity contribution in [1.29, 1.82) is 0 Å². The Kier molecular flexibility index (Phi) is 6.81. The summed E-state index contributed by atoms with van der Waals surface area (Å²) < 4.78 is 0. The van der Waals surface area contributed by atoms with Crippen LogP contribution in [0.5, 0.6) is 0 Å². The molecule has 0 bridgehead atoms. The SMILES string of the molecule is CC(Cc1ccc(C(=O)O)cc1)c1ccc(C(=O)O)cc1.[Na]. The smallest absolute Gasteiger partial charge is 0.335 e. The molecule has 0 fully saturated rings. The fourth-order valence-electron chi connectivity index (χ4n) is 2.21. The van der Waals surface area contributed by atoms with Gasteiger partial charge < -0.3 is 10.2 Å². The maximum absolute atomic E-state index is 10.8. The van der Waals surface area contributed by atoms with Crippen LogP contribution < -0.4 is 0 Å². The number of benzene rings is 2. The van der Waals surface area contributed by atoms with Crippen molar-refractivity contribution in [3.8, 4) is 0 Å². The fraction of sp³-hybridized carbons (Fsp3) is 0.176. The molecule has 0 saturated carbocycles. The number of carbonyl (C=O) groups is 2. The Bertz CT molecular complexity index is 647. The van der Waals surface area contributed by atoms with Crippen molar-refractivity contribution in [2.24, 2.45) is 0 Å². The number of carboxylic acids is 2. The maximum atomic E-state index is 10.8. The van der Waals surface area contributed by atoms with Crippen LogP contribution in [0.25, 0.3) is 0 Å². The molecule has 0 spiro atoms. The fourth-order valence-corrected chi connectivity index (χ4v) is 2.21. The van der Waals surface area contributed by atoms with Crippen molar-refractivity contribution >= 4 is 41.5 Å². The Hall–Kier alpha value is -1.62. The summed E-state index contributed by atoms with van der Waals surface area (Å²) >= 11 is 0. The molecule has 2 aromatic rings. The number of aromatic carboxylic acids is 2. The van der Waals surface area contributed by atoms with Gasteiger partial charge in [0.1, 0.15) is 0 Å². The van der Waals surface area contributed by atoms with Gasteiger partial charge in [-0.3, -0.25) is 0 Å². The zero-order valence-corrected chi connectivity index (χ0v) is 14.6. The van der Waals surface area contributed by atoms with E-state index in [1.165, 1.54) is 0 Å². The molecule has 1 atom stereocenters. The molecule has 4 nitrogen and oxygen atoms in total. The van der Waals surface area contributed by atoms with Crippen LogP contribution in [0, 0.1) is 0 Å². The normalized spacial score (nSPS) is 11.3. The van der Waals surface area contributed by atoms with Gasteiger partial charge in [0, 0.05) is 29.6 Å². The van der Waals surface area contributed by atoms with Gasteiger partial charge in [0.25, 0.3) is 0 Å². The van der Waals surface area contributed by atoms with E-state index in [0.29, 0.717) is 0 Å². The standard InChI is InChI=1S/C17H16O4.Na/c1-11(13-6-8-15(9-7-13)17(20)21)10-12-2-4-14(5-3-12)16(18)19;/h2-9,11H,10H2,1H3,(H,18,19)(H,20,21);. The Morgan fingerprint density at radius 3 is 1.68 bits per heavy atom. The summed E-state index contributed by atoms with van der Waals surface area (Å²) in [6, 6.07) is 13.6. The minimum Gasteiger partial charge on any atom is -0.478 e. The monoisotopic (exact) mass is 307 g/mol. The summed E-state index contributed by atoms with van der Waals surface area (Å²) in [4.78, 5) is 21.6. The summed E-state index contributed by atoms with van der Waals surface area (Å²) in [5.41, 5.74) is 2.66. The number of hydrogen-bond acceptors (Lipinski definition) is 2. The molecule has 0 aliphatic rings. The minimum absolute atomic E-state index is 0. The molecule has 5 heteroatoms. The van der Waals surface area contributed by atoms with Crippen molar-refractivity contribution in [3.63, 3.8) is 0 Å². The van der Waals surface area contributed by atoms with Crippen LogP contribution in [-0.2, 0) is 6.42 Å². The average Bonchev–Trinajstić information content (AvgIpc) is 2.47. The van der Waals surface area contributed by atoms with E-state index >= 15 is 0 Å². The van der Waals surface area contributed by atoms with Crippen LogP contribution in [0.15, 0.2) is 48.5 Å². The summed E-state index contributed by atoms with van der Waals surface area (Å²) in [7, 11) is 0. The molecule has 0 heterocycles. The molecule has 22 heavy (non-hydrogen) atoms. The molecule has 0 saturated heterocycles. The van der Waals surface area contributed by atoms with Crippen molar-refractivity contribution in [1.82, 2.24) is 0 Å². The third kappa shape index (κ3) is 4.70. The van der Waals surface area contributed by atoms with Crippen LogP contribution in [0.3, 0.4) is 0 Å². The molecule has 2 rings (SSSR count). The van der Waals surface area contributed by atoms with Crippen molar-refractivity contribution in [2.45, 2.75) is 19.3 Å². The van der Waals surface area contributed by atoms with E-state index in [4.69, 9.17) is 10.2 Å². The first-order valence-corrected chi connectivity index (χ1v) is 6.63. The number of rotatable bonds is 5. The van der Waals surface area contributed by atoms with E-state index in [2.05, 4.69) is 6.92 Å². The zero-order valence-electron chi connectivity index (χ0n) is 12.6. The summed E-state index contributed by atoms with van der Waals surface area (Å²) in [5.74, 6) is -1.64. The molecule has 0 aromatic heterocycles. The second kappa shape index (κ2) is 8.13. The van der Waals surface area contributed by atoms with E-state index < -0.39 is 11.9 Å². The van der Waals surface area contributed by atoms with Gasteiger partial charge in [0.15, 0.2) is 0 Å². The second-order valence-corrected chi connectivity index (χ2v) is 5.03. The predicted molar refractivity (Wildman–Crippen MR) is 84.7 cm³/mol. The molecular weight excluding hydrogens is 291 g/mol. The topological polar surface area (TPSA) is 74.6 Å². The van der Waals surface area contributed by atoms with Crippen molar-refractivity contribution in [2.75, 3.05) is 0 Å². The van der Waals surface area contributed by atoms with E-state index in [9.17, 15) is 9.59 Å². The van der Waals surface area contributed by atoms with E-state index in [1.54, 1.807) is 24.3 Å². The van der Waals surface area contributed by atoms with Crippen LogP contribution in [0.2, 0.25) is 0 Å². The van der Waals surface area contributed by atoms with Gasteiger partial charge in [0.2, 0.25) is 0 Å². The van der Waals surface area contributed by atoms with Crippen molar-refractivity contribution < 1.29 is 19.8 Å². The van der Waals surface area contributed by atoms with Gasteiger partial charge in [-0.1, -0.05) is 31.2 Å². The molecule has 1 unspecified atom stereocenters. The first-order valence-electron chi connectivity index (χ1n) is 6.63. The largest absolute Gasteiger partial charge is 0.478 e. The summed E-state index contributed by atoms with van der Waals surface area (Å²) in [5, 5.41) is 17.7. The molecule has 1 radical (unpaired) electrons. The Balaban J connectivity index is 0.00000242. The summed E-state index contributed by atoms with van der Waals surface area (Å²) in [6.45, 7) is 2.06. The van der Waals surface area contributed by atoms with Gasteiger partial charge in [0.05, 0.1) is 11.1 Å². The Morgan fingerprint density at radius 2 is 1.27 bits per heavy atom. The number of carboxylic acid groups (broad SMARTS) is 2. The molecule has 2 aromatic carbocycles. The summed E-state index contributed by atoms with van der Waals surface area (Å²) in [6.07, 6.45) is 0.770. The van der Waals surface area contributed by atoms with Crippen LogP contribution in [0.4, 0.5) is 0 Å². The predicted octanol–water partition coefficient (Wildman–Crippen LogP) is 3.05. The zero-order chi connectivity index (χ0) is 15.4. The van der Waals surface area contributed by atoms with Gasteiger partial charge in [-0.15, -0.1) is 0 Å². The molecule has 0 aliphatic heterocycles. The van der Waals surface area contributed by atoms with Gasteiger partial charge in [-0.05, 0) is 47.7 Å². The van der Waals surface area contributed by atoms with E-state index in [-0.39, 0.29) is 46.6 Å². The molecule has 0 aliphatic carbocycles. The second-order valence-electron chi connectivity index (χ2n) is 5.03. The number of hydrogen-bond donors (Lipinski definition) is 2. The maximum Gasteiger partial charge on any atom is 0.335 e. The van der Waals surface area contributed by atoms with Gasteiger partial charge in [-0.2, -0.15) is 0 Å². The van der Waals surface area contributed by atoms with E-state index in [0.717, 1.165) is 17.5 Å². The van der Waals surface area contributed by atoms with Crippen LogP contribution in [-0.4, -0.2) is 51.7 Å². The quantitative estimate of drug-likeness (QED) is 0.833. The first kappa shape index (κ1) is 18.4. The molecule has 2 N–H and O–H groups in total. The molecule has 109 valence electrons.